The fraction of sp³-hybridized carbons (Fsp3) is 0.636. The van der Waals surface area contributed by atoms with Crippen LogP contribution >= 0.6 is 0 Å². The molecule has 0 bridgehead atoms. The molecule has 0 rings (SSSR count). The molecule has 0 saturated carbocycles. The average Bonchev–Trinajstić information content (AvgIpc) is 2.14. The molecule has 0 spiro atoms. The minimum Gasteiger partial charge on any atom is -0.465 e. The molecule has 0 aliphatic rings. The number of esters is 1. The van der Waals surface area contributed by atoms with Gasteiger partial charge in [0.2, 0.25) is 0 Å². The van der Waals surface area contributed by atoms with E-state index in [9.17, 15) is 9.59 Å². The number of methoxy groups -OCH3 is 1. The predicted octanol–water partition coefficient (Wildman–Crippen LogP) is 2.26. The molecular formula is C11H18O3. The number of carbonyl (C=O) groups is 2. The lowest BCUT2D eigenvalue weighted by Gasteiger charge is -2.06. The van der Waals surface area contributed by atoms with Crippen molar-refractivity contribution in [2.45, 2.75) is 40.0 Å². The normalized spacial score (nSPS) is 12.0. The van der Waals surface area contributed by atoms with E-state index in [0.29, 0.717) is 0 Å². The van der Waals surface area contributed by atoms with Crippen LogP contribution < -0.4 is 0 Å². The molecule has 0 aliphatic heterocycles. The van der Waals surface area contributed by atoms with E-state index >= 15 is 0 Å². The Balaban J connectivity index is 4.76. The van der Waals surface area contributed by atoms with Crippen LogP contribution in [0.25, 0.3) is 0 Å². The molecule has 0 aromatic rings. The SMILES string of the molecule is CCCCC(C)=C(C(C)=O)C(=O)OC. The van der Waals surface area contributed by atoms with Crippen LogP contribution in [-0.4, -0.2) is 18.9 Å². The quantitative estimate of drug-likeness (QED) is 0.294. The van der Waals surface area contributed by atoms with E-state index in [1.165, 1.54) is 14.0 Å². The third kappa shape index (κ3) is 3.73. The predicted molar refractivity (Wildman–Crippen MR) is 54.9 cm³/mol. The zero-order valence-corrected chi connectivity index (χ0v) is 9.35. The van der Waals surface area contributed by atoms with Crippen molar-refractivity contribution in [2.75, 3.05) is 7.11 Å². The number of rotatable bonds is 5. The van der Waals surface area contributed by atoms with Gasteiger partial charge in [0.1, 0.15) is 5.57 Å². The van der Waals surface area contributed by atoms with Crippen LogP contribution in [0.1, 0.15) is 40.0 Å². The van der Waals surface area contributed by atoms with E-state index < -0.39 is 5.97 Å². The number of ether oxygens (including phenoxy) is 1. The summed E-state index contributed by atoms with van der Waals surface area (Å²) in [7, 11) is 1.29. The van der Waals surface area contributed by atoms with Gasteiger partial charge >= 0.3 is 5.97 Å². The van der Waals surface area contributed by atoms with Crippen molar-refractivity contribution in [1.82, 2.24) is 0 Å². The van der Waals surface area contributed by atoms with Gasteiger partial charge < -0.3 is 4.74 Å². The molecular weight excluding hydrogens is 180 g/mol. The lowest BCUT2D eigenvalue weighted by molar-refractivity contribution is -0.137. The molecule has 0 N–H and O–H groups in total. The maximum atomic E-state index is 11.3. The molecule has 3 heteroatoms. The van der Waals surface area contributed by atoms with E-state index in [1.807, 2.05) is 6.92 Å². The van der Waals surface area contributed by atoms with Gasteiger partial charge in [0, 0.05) is 0 Å². The molecule has 0 amide bonds. The minimum absolute atomic E-state index is 0.209. The highest BCUT2D eigenvalue weighted by atomic mass is 16.5. The van der Waals surface area contributed by atoms with Crippen molar-refractivity contribution < 1.29 is 14.3 Å². The van der Waals surface area contributed by atoms with Crippen LogP contribution in [0.3, 0.4) is 0 Å². The lowest BCUT2D eigenvalue weighted by Crippen LogP contribution is -2.14. The molecule has 0 fully saturated rings. The van der Waals surface area contributed by atoms with Crippen LogP contribution in [0.4, 0.5) is 0 Å². The van der Waals surface area contributed by atoms with Crippen LogP contribution in [0, 0.1) is 0 Å². The molecule has 0 unspecified atom stereocenters. The lowest BCUT2D eigenvalue weighted by atomic mass is 10.0. The summed E-state index contributed by atoms with van der Waals surface area (Å²) >= 11 is 0. The van der Waals surface area contributed by atoms with Gasteiger partial charge in [-0.3, -0.25) is 4.79 Å². The first-order valence-corrected chi connectivity index (χ1v) is 4.83. The second-order valence-corrected chi connectivity index (χ2v) is 3.31. The Kier molecular flexibility index (Phi) is 5.84. The number of ketones is 1. The zero-order chi connectivity index (χ0) is 11.1. The third-order valence-electron chi connectivity index (χ3n) is 2.07. The molecule has 0 aromatic carbocycles. The fourth-order valence-corrected chi connectivity index (χ4v) is 1.29. The Labute approximate surface area is 85.1 Å². The van der Waals surface area contributed by atoms with Crippen molar-refractivity contribution in [1.29, 1.82) is 0 Å². The number of Topliss-reactive ketones (excluding diaryl/α,β-unsaturated/α-hetero) is 1. The molecule has 0 radical (unpaired) electrons. The first kappa shape index (κ1) is 12.9. The van der Waals surface area contributed by atoms with E-state index in [0.717, 1.165) is 24.8 Å². The summed E-state index contributed by atoms with van der Waals surface area (Å²) in [6.07, 6.45) is 2.81. The third-order valence-corrected chi connectivity index (χ3v) is 2.07. The van der Waals surface area contributed by atoms with Gasteiger partial charge in [-0.15, -0.1) is 0 Å². The van der Waals surface area contributed by atoms with Crippen molar-refractivity contribution in [3.63, 3.8) is 0 Å². The highest BCUT2D eigenvalue weighted by Gasteiger charge is 2.17. The first-order chi connectivity index (χ1) is 6.54. The van der Waals surface area contributed by atoms with Gasteiger partial charge in [-0.25, -0.2) is 4.79 Å². The standard InChI is InChI=1S/C11H18O3/c1-5-6-7-8(2)10(9(3)12)11(13)14-4/h5-7H2,1-4H3. The van der Waals surface area contributed by atoms with Gasteiger partial charge in [-0.2, -0.15) is 0 Å². The average molecular weight is 198 g/mol. The van der Waals surface area contributed by atoms with Crippen molar-refractivity contribution in [3.8, 4) is 0 Å². The monoisotopic (exact) mass is 198 g/mol. The Morgan fingerprint density at radius 1 is 1.21 bits per heavy atom. The summed E-state index contributed by atoms with van der Waals surface area (Å²) in [4.78, 5) is 22.4. The number of hydrogen-bond donors (Lipinski definition) is 0. The van der Waals surface area contributed by atoms with E-state index in [1.54, 1.807) is 0 Å². The molecule has 0 heterocycles. The zero-order valence-electron chi connectivity index (χ0n) is 9.35. The molecule has 0 atom stereocenters. The molecule has 0 aromatic heterocycles. The second-order valence-electron chi connectivity index (χ2n) is 3.31. The molecule has 3 nitrogen and oxygen atoms in total. The highest BCUT2D eigenvalue weighted by molar-refractivity contribution is 6.16. The van der Waals surface area contributed by atoms with E-state index in [4.69, 9.17) is 0 Å². The van der Waals surface area contributed by atoms with Crippen LogP contribution in [0.5, 0.6) is 0 Å². The molecule has 80 valence electrons. The number of hydrogen-bond acceptors (Lipinski definition) is 3. The largest absolute Gasteiger partial charge is 0.465 e. The van der Waals surface area contributed by atoms with E-state index in [2.05, 4.69) is 11.7 Å². The van der Waals surface area contributed by atoms with Crippen molar-refractivity contribution in [2.24, 2.45) is 0 Å². The smallest absolute Gasteiger partial charge is 0.341 e. The molecule has 0 aliphatic carbocycles. The summed E-state index contributed by atoms with van der Waals surface area (Å²) in [6.45, 7) is 5.27. The summed E-state index contributed by atoms with van der Waals surface area (Å²) in [6, 6.07) is 0. The van der Waals surface area contributed by atoms with Gasteiger partial charge in [-0.1, -0.05) is 18.9 Å². The van der Waals surface area contributed by atoms with Gasteiger partial charge in [0.05, 0.1) is 7.11 Å². The van der Waals surface area contributed by atoms with Gasteiger partial charge in [0.25, 0.3) is 0 Å². The maximum Gasteiger partial charge on any atom is 0.341 e. The topological polar surface area (TPSA) is 43.4 Å². The Bertz CT molecular complexity index is 251. The Morgan fingerprint density at radius 3 is 2.14 bits per heavy atom. The highest BCUT2D eigenvalue weighted by Crippen LogP contribution is 2.14. The Hall–Kier alpha value is -1.12. The summed E-state index contributed by atoms with van der Waals surface area (Å²) < 4.78 is 4.56. The molecule has 0 saturated heterocycles. The number of carbonyl (C=O) groups excluding carboxylic acids is 2. The first-order valence-electron chi connectivity index (χ1n) is 4.83. The summed E-state index contributed by atoms with van der Waals surface area (Å²) in [5.74, 6) is -0.739. The Morgan fingerprint density at radius 2 is 1.79 bits per heavy atom. The van der Waals surface area contributed by atoms with Gasteiger partial charge in [-0.05, 0) is 26.7 Å². The number of allylic oxidation sites excluding steroid dienone is 1. The van der Waals surface area contributed by atoms with Crippen LogP contribution in [0.15, 0.2) is 11.1 Å². The van der Waals surface area contributed by atoms with E-state index in [-0.39, 0.29) is 11.4 Å². The number of unbranched alkanes of at least 4 members (excludes halogenated alkanes) is 1. The summed E-state index contributed by atoms with van der Waals surface area (Å²) in [5.41, 5.74) is 1.03. The fourth-order valence-electron chi connectivity index (χ4n) is 1.29. The van der Waals surface area contributed by atoms with Crippen molar-refractivity contribution >= 4 is 11.8 Å². The maximum absolute atomic E-state index is 11.3. The second kappa shape index (κ2) is 6.35. The molecule has 14 heavy (non-hydrogen) atoms. The van der Waals surface area contributed by atoms with Crippen LogP contribution in [-0.2, 0) is 14.3 Å². The minimum atomic E-state index is -0.522. The van der Waals surface area contributed by atoms with Gasteiger partial charge in [0.15, 0.2) is 5.78 Å². The van der Waals surface area contributed by atoms with Crippen LogP contribution in [0.2, 0.25) is 0 Å². The summed E-state index contributed by atoms with van der Waals surface area (Å²) in [5, 5.41) is 0. The van der Waals surface area contributed by atoms with Crippen molar-refractivity contribution in [3.05, 3.63) is 11.1 Å².